The van der Waals surface area contributed by atoms with E-state index in [2.05, 4.69) is 15.4 Å². The summed E-state index contributed by atoms with van der Waals surface area (Å²) in [7, 11) is 0. The lowest BCUT2D eigenvalue weighted by Crippen LogP contribution is -2.14. The van der Waals surface area contributed by atoms with Crippen LogP contribution in [0, 0.1) is 12.7 Å². The number of halogens is 1. The zero-order chi connectivity index (χ0) is 16.6. The van der Waals surface area contributed by atoms with Gasteiger partial charge in [-0.15, -0.1) is 0 Å². The second-order valence-corrected chi connectivity index (χ2v) is 5.68. The minimum absolute atomic E-state index is 0.186. The van der Waals surface area contributed by atoms with Crippen molar-refractivity contribution < 1.29 is 9.18 Å². The number of nitrogens with one attached hydrogen (secondary N) is 1. The van der Waals surface area contributed by atoms with Crippen molar-refractivity contribution in [1.29, 1.82) is 0 Å². The van der Waals surface area contributed by atoms with E-state index < -0.39 is 5.82 Å². The largest absolute Gasteiger partial charge is 0.322 e. The summed E-state index contributed by atoms with van der Waals surface area (Å²) in [5.74, 6) is -0.717. The van der Waals surface area contributed by atoms with Crippen LogP contribution in [0.1, 0.15) is 35.9 Å². The molecule has 2 aromatic heterocycles. The summed E-state index contributed by atoms with van der Waals surface area (Å²) >= 11 is 0. The molecular weight excluding hydrogens is 295 g/mol. The molecule has 0 unspecified atom stereocenters. The van der Waals surface area contributed by atoms with Gasteiger partial charge in [-0.3, -0.25) is 4.79 Å². The van der Waals surface area contributed by atoms with Gasteiger partial charge in [0.15, 0.2) is 5.65 Å². The molecule has 0 radical (unpaired) electrons. The molecule has 0 bridgehead atoms. The Morgan fingerprint density at radius 2 is 2.09 bits per heavy atom. The molecule has 0 saturated carbocycles. The molecule has 0 saturated heterocycles. The molecule has 6 heteroatoms. The first kappa shape index (κ1) is 15.1. The van der Waals surface area contributed by atoms with Crippen molar-refractivity contribution in [3.8, 4) is 0 Å². The Balaban J connectivity index is 1.96. The Hall–Kier alpha value is -2.76. The Morgan fingerprint density at radius 3 is 2.78 bits per heavy atom. The predicted molar refractivity (Wildman–Crippen MR) is 87.0 cm³/mol. The van der Waals surface area contributed by atoms with Crippen LogP contribution in [0.15, 0.2) is 36.5 Å². The highest BCUT2D eigenvalue weighted by Gasteiger charge is 2.15. The van der Waals surface area contributed by atoms with Crippen molar-refractivity contribution in [3.63, 3.8) is 0 Å². The second kappa shape index (κ2) is 5.79. The maximum absolute atomic E-state index is 13.2. The first-order valence-electron chi connectivity index (χ1n) is 7.37. The molecule has 1 aromatic carbocycles. The van der Waals surface area contributed by atoms with Crippen LogP contribution in [0.4, 0.5) is 10.1 Å². The minimum Gasteiger partial charge on any atom is -0.322 e. The van der Waals surface area contributed by atoms with Crippen LogP contribution in [-0.4, -0.2) is 20.7 Å². The third kappa shape index (κ3) is 2.92. The summed E-state index contributed by atoms with van der Waals surface area (Å²) in [6.07, 6.45) is 1.70. The Kier molecular flexibility index (Phi) is 3.82. The van der Waals surface area contributed by atoms with Crippen molar-refractivity contribution >= 4 is 22.6 Å². The average molecular weight is 312 g/mol. The Labute approximate surface area is 133 Å². The number of anilines is 1. The molecule has 5 nitrogen and oxygen atoms in total. The third-order valence-corrected chi connectivity index (χ3v) is 3.58. The fourth-order valence-electron chi connectivity index (χ4n) is 2.44. The van der Waals surface area contributed by atoms with E-state index in [0.29, 0.717) is 16.9 Å². The number of benzene rings is 1. The lowest BCUT2D eigenvalue weighted by Gasteiger charge is -2.10. The number of carbonyl (C=O) groups is 1. The molecule has 118 valence electrons. The number of aromatic nitrogens is 3. The van der Waals surface area contributed by atoms with Gasteiger partial charge in [0.2, 0.25) is 0 Å². The van der Waals surface area contributed by atoms with Gasteiger partial charge in [0.25, 0.3) is 5.91 Å². The molecule has 0 aliphatic heterocycles. The van der Waals surface area contributed by atoms with E-state index in [1.807, 2.05) is 18.5 Å². The van der Waals surface area contributed by atoms with Gasteiger partial charge in [0.05, 0.1) is 17.5 Å². The molecule has 0 spiro atoms. The number of aryl methyl sites for hydroxylation is 1. The van der Waals surface area contributed by atoms with Crippen LogP contribution in [0.3, 0.4) is 0 Å². The normalized spacial score (nSPS) is 11.2. The van der Waals surface area contributed by atoms with Crippen LogP contribution < -0.4 is 5.32 Å². The zero-order valence-electron chi connectivity index (χ0n) is 13.2. The summed E-state index contributed by atoms with van der Waals surface area (Å²) in [6, 6.07) is 7.74. The minimum atomic E-state index is -0.397. The number of nitrogens with zero attached hydrogens (tertiary/aromatic N) is 3. The molecule has 3 rings (SSSR count). The number of amides is 1. The molecular formula is C17H17FN4O. The summed E-state index contributed by atoms with van der Waals surface area (Å²) in [6.45, 7) is 5.82. The molecule has 0 aliphatic carbocycles. The smallest absolute Gasteiger partial charge is 0.257 e. The van der Waals surface area contributed by atoms with E-state index >= 15 is 0 Å². The van der Waals surface area contributed by atoms with E-state index in [9.17, 15) is 9.18 Å². The van der Waals surface area contributed by atoms with Crippen molar-refractivity contribution in [3.05, 3.63) is 53.6 Å². The third-order valence-electron chi connectivity index (χ3n) is 3.58. The number of fused-ring (bicyclic) bond motifs is 1. The van der Waals surface area contributed by atoms with Gasteiger partial charge < -0.3 is 5.32 Å². The van der Waals surface area contributed by atoms with Crippen LogP contribution in [0.2, 0.25) is 0 Å². The molecule has 0 aliphatic rings. The van der Waals surface area contributed by atoms with E-state index in [4.69, 9.17) is 0 Å². The highest BCUT2D eigenvalue weighted by Crippen LogP contribution is 2.20. The highest BCUT2D eigenvalue weighted by molar-refractivity contribution is 6.06. The molecule has 3 aromatic rings. The number of pyridine rings is 1. The van der Waals surface area contributed by atoms with E-state index in [1.165, 1.54) is 12.1 Å². The van der Waals surface area contributed by atoms with Crippen LogP contribution in [-0.2, 0) is 0 Å². The number of rotatable bonds is 3. The van der Waals surface area contributed by atoms with Gasteiger partial charge >= 0.3 is 0 Å². The topological polar surface area (TPSA) is 59.8 Å². The molecule has 0 atom stereocenters. The molecule has 23 heavy (non-hydrogen) atoms. The number of hydrogen-bond acceptors (Lipinski definition) is 3. The summed E-state index contributed by atoms with van der Waals surface area (Å²) in [4.78, 5) is 16.9. The van der Waals surface area contributed by atoms with Crippen molar-refractivity contribution in [2.75, 3.05) is 5.32 Å². The fourth-order valence-corrected chi connectivity index (χ4v) is 2.44. The van der Waals surface area contributed by atoms with Gasteiger partial charge in [-0.25, -0.2) is 14.1 Å². The van der Waals surface area contributed by atoms with Crippen LogP contribution in [0.25, 0.3) is 11.0 Å². The van der Waals surface area contributed by atoms with E-state index in [0.717, 1.165) is 11.0 Å². The van der Waals surface area contributed by atoms with Gasteiger partial charge in [-0.1, -0.05) is 6.07 Å². The standard InChI is InChI=1S/C17H17FN4O/c1-10(2)22-16-12(9-19-22)7-15(11(3)20-16)17(23)21-14-6-4-5-13(18)8-14/h4-10H,1-3H3,(H,21,23). The van der Waals surface area contributed by atoms with Crippen LogP contribution >= 0.6 is 0 Å². The van der Waals surface area contributed by atoms with Gasteiger partial charge in [0, 0.05) is 17.1 Å². The molecule has 2 heterocycles. The van der Waals surface area contributed by atoms with Crippen molar-refractivity contribution in [2.45, 2.75) is 26.8 Å². The first-order valence-corrected chi connectivity index (χ1v) is 7.37. The second-order valence-electron chi connectivity index (χ2n) is 5.68. The lowest BCUT2D eigenvalue weighted by atomic mass is 10.1. The summed E-state index contributed by atoms with van der Waals surface area (Å²) in [5, 5.41) is 7.79. The molecule has 1 N–H and O–H groups in total. The quantitative estimate of drug-likeness (QED) is 0.802. The predicted octanol–water partition coefficient (Wildman–Crippen LogP) is 3.71. The van der Waals surface area contributed by atoms with Gasteiger partial charge in [0.1, 0.15) is 5.82 Å². The maximum atomic E-state index is 13.2. The first-order chi connectivity index (χ1) is 11.0. The summed E-state index contributed by atoms with van der Waals surface area (Å²) < 4.78 is 15.0. The average Bonchev–Trinajstić information content (AvgIpc) is 2.89. The maximum Gasteiger partial charge on any atom is 0.257 e. The SMILES string of the molecule is Cc1nc2c(cnn2C(C)C)cc1C(=O)Nc1cccc(F)c1. The highest BCUT2D eigenvalue weighted by atomic mass is 19.1. The molecule has 1 amide bonds. The lowest BCUT2D eigenvalue weighted by molar-refractivity contribution is 0.102. The van der Waals surface area contributed by atoms with E-state index in [-0.39, 0.29) is 11.9 Å². The number of carbonyl (C=O) groups excluding carboxylic acids is 1. The fraction of sp³-hybridized carbons (Fsp3) is 0.235. The monoisotopic (exact) mass is 312 g/mol. The van der Waals surface area contributed by atoms with Crippen molar-refractivity contribution in [1.82, 2.24) is 14.8 Å². The van der Waals surface area contributed by atoms with E-state index in [1.54, 1.807) is 31.3 Å². The van der Waals surface area contributed by atoms with Gasteiger partial charge in [-0.05, 0) is 45.0 Å². The summed E-state index contributed by atoms with van der Waals surface area (Å²) in [5.41, 5.74) is 2.21. The van der Waals surface area contributed by atoms with Crippen LogP contribution in [0.5, 0.6) is 0 Å². The van der Waals surface area contributed by atoms with Crippen molar-refractivity contribution in [2.24, 2.45) is 0 Å². The number of hydrogen-bond donors (Lipinski definition) is 1. The Bertz CT molecular complexity index is 885. The molecule has 0 fully saturated rings. The van der Waals surface area contributed by atoms with Gasteiger partial charge in [-0.2, -0.15) is 5.10 Å². The zero-order valence-corrected chi connectivity index (χ0v) is 13.2. The Morgan fingerprint density at radius 1 is 1.30 bits per heavy atom.